The van der Waals surface area contributed by atoms with Gasteiger partial charge in [-0.15, -0.1) is 0 Å². The van der Waals surface area contributed by atoms with Crippen LogP contribution in [0.4, 0.5) is 0 Å². The summed E-state index contributed by atoms with van der Waals surface area (Å²) in [5.41, 5.74) is 1.66. The number of amides is 1. The minimum atomic E-state index is -1.07. The smallest absolute Gasteiger partial charge is 0.326 e. The quantitative estimate of drug-likeness (QED) is 0.482. The van der Waals surface area contributed by atoms with Gasteiger partial charge in [0.15, 0.2) is 0 Å². The van der Waals surface area contributed by atoms with Gasteiger partial charge in [0.1, 0.15) is 23.1 Å². The third-order valence-electron chi connectivity index (χ3n) is 7.39. The van der Waals surface area contributed by atoms with Gasteiger partial charge < -0.3 is 24.6 Å². The van der Waals surface area contributed by atoms with E-state index in [-0.39, 0.29) is 12.3 Å². The second-order valence-corrected chi connectivity index (χ2v) is 10.1. The van der Waals surface area contributed by atoms with Crippen LogP contribution in [0.1, 0.15) is 57.4 Å². The summed E-state index contributed by atoms with van der Waals surface area (Å²) < 4.78 is 17.5. The summed E-state index contributed by atoms with van der Waals surface area (Å²) in [5, 5.41) is 12.4. The van der Waals surface area contributed by atoms with E-state index in [1.165, 1.54) is 32.1 Å². The molecule has 4 rings (SSSR count). The molecule has 0 spiro atoms. The minimum Gasteiger partial charge on any atom is -0.496 e. The summed E-state index contributed by atoms with van der Waals surface area (Å²) in [6.45, 7) is 2.92. The number of carboxylic acids is 1. The molecule has 7 nitrogen and oxygen atoms in total. The largest absolute Gasteiger partial charge is 0.496 e. The molecule has 7 heteroatoms. The highest BCUT2D eigenvalue weighted by atomic mass is 16.5. The molecule has 194 valence electrons. The first-order valence-corrected chi connectivity index (χ1v) is 13.0. The van der Waals surface area contributed by atoms with E-state index in [1.807, 2.05) is 42.5 Å². The van der Waals surface area contributed by atoms with Gasteiger partial charge >= 0.3 is 5.97 Å². The predicted molar refractivity (Wildman–Crippen MR) is 137 cm³/mol. The first-order valence-electron chi connectivity index (χ1n) is 13.0. The molecule has 1 amide bonds. The third kappa shape index (κ3) is 6.19. The monoisotopic (exact) mass is 495 g/mol. The summed E-state index contributed by atoms with van der Waals surface area (Å²) >= 11 is 0. The summed E-state index contributed by atoms with van der Waals surface area (Å²) in [6.07, 6.45) is 7.82. The van der Waals surface area contributed by atoms with E-state index in [9.17, 15) is 14.7 Å². The van der Waals surface area contributed by atoms with Crippen LogP contribution in [-0.4, -0.2) is 48.9 Å². The minimum absolute atomic E-state index is 0.175. The maximum Gasteiger partial charge on any atom is 0.326 e. The molecule has 2 aliphatic rings. The van der Waals surface area contributed by atoms with Crippen LogP contribution in [0.15, 0.2) is 42.5 Å². The topological polar surface area (TPSA) is 94.1 Å². The van der Waals surface area contributed by atoms with Crippen molar-refractivity contribution in [2.24, 2.45) is 5.92 Å². The maximum atomic E-state index is 12.7. The Hall–Kier alpha value is -3.06. The second-order valence-electron chi connectivity index (χ2n) is 10.1. The molecule has 1 aliphatic heterocycles. The van der Waals surface area contributed by atoms with Gasteiger partial charge in [-0.3, -0.25) is 4.79 Å². The summed E-state index contributed by atoms with van der Waals surface area (Å²) in [4.78, 5) is 24.6. The van der Waals surface area contributed by atoms with Crippen molar-refractivity contribution in [1.82, 2.24) is 5.32 Å². The van der Waals surface area contributed by atoms with Gasteiger partial charge in [0.25, 0.3) is 5.91 Å². The number of aliphatic carboxylic acids is 1. The molecule has 0 bridgehead atoms. The van der Waals surface area contributed by atoms with Crippen LogP contribution in [0.3, 0.4) is 0 Å². The van der Waals surface area contributed by atoms with Crippen LogP contribution < -0.4 is 14.8 Å². The molecule has 2 aromatic carbocycles. The zero-order chi connectivity index (χ0) is 25.5. The molecule has 1 saturated carbocycles. The number of ether oxygens (including phenoxy) is 3. The van der Waals surface area contributed by atoms with Crippen LogP contribution in [0.25, 0.3) is 11.1 Å². The van der Waals surface area contributed by atoms with Gasteiger partial charge in [0, 0.05) is 13.0 Å². The van der Waals surface area contributed by atoms with Crippen molar-refractivity contribution >= 4 is 11.9 Å². The molecule has 36 heavy (non-hydrogen) atoms. The lowest BCUT2D eigenvalue weighted by Gasteiger charge is -2.25. The normalized spacial score (nSPS) is 21.1. The van der Waals surface area contributed by atoms with Crippen molar-refractivity contribution in [2.75, 3.05) is 20.3 Å². The fourth-order valence-electron chi connectivity index (χ4n) is 5.16. The van der Waals surface area contributed by atoms with E-state index < -0.39 is 17.6 Å². The molecule has 1 saturated heterocycles. The highest BCUT2D eigenvalue weighted by molar-refractivity contribution is 5.89. The number of benzene rings is 2. The number of nitrogens with one attached hydrogen (secondary N) is 1. The molecule has 0 radical (unpaired) electrons. The van der Waals surface area contributed by atoms with Crippen molar-refractivity contribution in [3.63, 3.8) is 0 Å². The fraction of sp³-hybridized carbons (Fsp3) is 0.517. The summed E-state index contributed by atoms with van der Waals surface area (Å²) in [7, 11) is 1.65. The van der Waals surface area contributed by atoms with Crippen molar-refractivity contribution in [3.8, 4) is 22.6 Å². The number of carbonyl (C=O) groups excluding carboxylic acids is 1. The van der Waals surface area contributed by atoms with Gasteiger partial charge in [-0.05, 0) is 61.8 Å². The van der Waals surface area contributed by atoms with Crippen LogP contribution >= 0.6 is 0 Å². The van der Waals surface area contributed by atoms with Gasteiger partial charge in [-0.1, -0.05) is 49.6 Å². The zero-order valence-corrected chi connectivity index (χ0v) is 21.3. The predicted octanol–water partition coefficient (Wildman–Crippen LogP) is 5.00. The SMILES string of the molecule is COc1cccc(OCC2CCCCC2)c1-c1ccc(C[C@H](NC(=O)[C@@]2(C)CCCO2)C(=O)O)cc1. The summed E-state index contributed by atoms with van der Waals surface area (Å²) in [6, 6.07) is 12.5. The van der Waals surface area contributed by atoms with E-state index in [1.54, 1.807) is 14.0 Å². The molecule has 2 atom stereocenters. The van der Waals surface area contributed by atoms with Crippen molar-refractivity contribution < 1.29 is 28.9 Å². The van der Waals surface area contributed by atoms with Crippen LogP contribution in [0.5, 0.6) is 11.5 Å². The lowest BCUT2D eigenvalue weighted by atomic mass is 9.90. The molecule has 0 aromatic heterocycles. The van der Waals surface area contributed by atoms with Crippen molar-refractivity contribution in [1.29, 1.82) is 0 Å². The molecule has 2 fully saturated rings. The third-order valence-corrected chi connectivity index (χ3v) is 7.39. The fourth-order valence-corrected chi connectivity index (χ4v) is 5.16. The Labute approximate surface area is 213 Å². The van der Waals surface area contributed by atoms with Gasteiger partial charge in [-0.2, -0.15) is 0 Å². The van der Waals surface area contributed by atoms with E-state index >= 15 is 0 Å². The highest BCUT2D eigenvalue weighted by Gasteiger charge is 2.39. The number of carbonyl (C=O) groups is 2. The molecule has 2 aromatic rings. The van der Waals surface area contributed by atoms with Crippen LogP contribution in [-0.2, 0) is 20.7 Å². The Morgan fingerprint density at radius 2 is 1.81 bits per heavy atom. The highest BCUT2D eigenvalue weighted by Crippen LogP contribution is 2.39. The molecular weight excluding hydrogens is 458 g/mol. The van der Waals surface area contributed by atoms with Crippen molar-refractivity contribution in [2.45, 2.75) is 69.9 Å². The number of carboxylic acid groups (broad SMARTS) is 1. The molecule has 1 aliphatic carbocycles. The summed E-state index contributed by atoms with van der Waals surface area (Å²) in [5.74, 6) is 0.646. The second kappa shape index (κ2) is 11.8. The van der Waals surface area contributed by atoms with E-state index in [4.69, 9.17) is 14.2 Å². The molecule has 2 N–H and O–H groups in total. The Morgan fingerprint density at radius 1 is 1.08 bits per heavy atom. The standard InChI is InChI=1S/C29H37NO6/c1-29(16-7-17-36-29)28(33)30-23(27(31)32)18-20-12-14-22(15-13-20)26-24(34-2)10-6-11-25(26)35-19-21-8-4-3-5-9-21/h6,10-15,21,23H,3-5,7-9,16-19H2,1-2H3,(H,30,33)(H,31,32)/t23-,29+/m0/s1. The first kappa shape index (κ1) is 26.0. The Morgan fingerprint density at radius 3 is 2.44 bits per heavy atom. The lowest BCUT2D eigenvalue weighted by Crippen LogP contribution is -2.51. The zero-order valence-electron chi connectivity index (χ0n) is 21.3. The average molecular weight is 496 g/mol. The van der Waals surface area contributed by atoms with E-state index in [2.05, 4.69) is 5.32 Å². The number of hydrogen-bond donors (Lipinski definition) is 2. The Kier molecular flexibility index (Phi) is 8.52. The van der Waals surface area contributed by atoms with Gasteiger partial charge in [-0.25, -0.2) is 4.79 Å². The van der Waals surface area contributed by atoms with Crippen molar-refractivity contribution in [3.05, 3.63) is 48.0 Å². The lowest BCUT2D eigenvalue weighted by molar-refractivity contribution is -0.147. The average Bonchev–Trinajstić information content (AvgIpc) is 3.35. The Bertz CT molecular complexity index is 1040. The van der Waals surface area contributed by atoms with Gasteiger partial charge in [0.05, 0.1) is 19.3 Å². The maximum absolute atomic E-state index is 12.7. The van der Waals surface area contributed by atoms with Gasteiger partial charge in [0.2, 0.25) is 0 Å². The van der Waals surface area contributed by atoms with E-state index in [0.29, 0.717) is 25.6 Å². The van der Waals surface area contributed by atoms with Crippen LogP contribution in [0.2, 0.25) is 0 Å². The molecule has 1 heterocycles. The number of methoxy groups -OCH3 is 1. The number of rotatable bonds is 10. The number of hydrogen-bond acceptors (Lipinski definition) is 5. The van der Waals surface area contributed by atoms with Crippen LogP contribution in [0, 0.1) is 5.92 Å². The van der Waals surface area contributed by atoms with E-state index in [0.717, 1.165) is 34.6 Å². The molecular formula is C29H37NO6. The Balaban J connectivity index is 1.48. The molecule has 0 unspecified atom stereocenters. The first-order chi connectivity index (χ1) is 17.4.